The smallest absolute Gasteiger partial charge is 0.247 e. The van der Waals surface area contributed by atoms with Crippen LogP contribution in [-0.2, 0) is 0 Å². The van der Waals surface area contributed by atoms with Crippen LogP contribution < -0.4 is 10.2 Å². The summed E-state index contributed by atoms with van der Waals surface area (Å²) in [5.41, 5.74) is 0.703. The van der Waals surface area contributed by atoms with E-state index in [1.54, 1.807) is 12.3 Å². The third-order valence-electron chi connectivity index (χ3n) is 3.40. The van der Waals surface area contributed by atoms with Gasteiger partial charge in [-0.05, 0) is 31.4 Å². The van der Waals surface area contributed by atoms with Gasteiger partial charge < -0.3 is 10.2 Å². The van der Waals surface area contributed by atoms with Crippen LogP contribution in [0.15, 0.2) is 24.4 Å². The maximum Gasteiger partial charge on any atom is 0.247 e. The summed E-state index contributed by atoms with van der Waals surface area (Å²) in [6, 6.07) is 5.42. The number of rotatable bonds is 3. The Morgan fingerprint density at radius 2 is 1.90 bits per heavy atom. The number of piperidine rings is 1. The molecule has 0 spiro atoms. The molecule has 0 aliphatic carbocycles. The summed E-state index contributed by atoms with van der Waals surface area (Å²) < 4.78 is 0. The topological polar surface area (TPSA) is 53.9 Å². The molecule has 1 aliphatic heterocycles. The van der Waals surface area contributed by atoms with Crippen molar-refractivity contribution in [2.45, 2.75) is 19.3 Å². The van der Waals surface area contributed by atoms with Gasteiger partial charge in [0, 0.05) is 13.1 Å². The molecule has 1 fully saturated rings. The van der Waals surface area contributed by atoms with Gasteiger partial charge in [0.15, 0.2) is 5.82 Å². The summed E-state index contributed by atoms with van der Waals surface area (Å²) >= 11 is 12.2. The van der Waals surface area contributed by atoms with Gasteiger partial charge in [0.2, 0.25) is 5.95 Å². The highest BCUT2D eigenvalue weighted by Crippen LogP contribution is 2.31. The molecule has 5 nitrogen and oxygen atoms in total. The highest BCUT2D eigenvalue weighted by Gasteiger charge is 2.14. The van der Waals surface area contributed by atoms with Crippen molar-refractivity contribution in [1.82, 2.24) is 15.2 Å². The third-order valence-corrected chi connectivity index (χ3v) is 4.22. The number of anilines is 3. The molecule has 7 heteroatoms. The summed E-state index contributed by atoms with van der Waals surface area (Å²) in [5.74, 6) is 1.26. The SMILES string of the molecule is Clc1cccc(Nc2cnnc(N3CCCCC3)n2)c1Cl. The van der Waals surface area contributed by atoms with Crippen molar-refractivity contribution in [3.05, 3.63) is 34.4 Å². The van der Waals surface area contributed by atoms with Crippen LogP contribution in [0.1, 0.15) is 19.3 Å². The fourth-order valence-electron chi connectivity index (χ4n) is 2.32. The predicted molar refractivity (Wildman–Crippen MR) is 85.6 cm³/mol. The Hall–Kier alpha value is -1.59. The minimum absolute atomic E-state index is 0.470. The molecule has 2 aromatic rings. The standard InChI is InChI=1S/C14H15Cl2N5/c15-10-5-4-6-11(13(10)16)18-12-9-17-20-14(19-12)21-7-2-1-3-8-21/h4-6,9H,1-3,7-8H2,(H,18,19,20). The zero-order valence-corrected chi connectivity index (χ0v) is 12.9. The van der Waals surface area contributed by atoms with Gasteiger partial charge in [-0.2, -0.15) is 10.1 Å². The van der Waals surface area contributed by atoms with Crippen molar-refractivity contribution in [2.75, 3.05) is 23.3 Å². The minimum Gasteiger partial charge on any atom is -0.339 e. The molecule has 1 aromatic carbocycles. The van der Waals surface area contributed by atoms with E-state index in [1.807, 2.05) is 12.1 Å². The van der Waals surface area contributed by atoms with Crippen molar-refractivity contribution in [3.63, 3.8) is 0 Å². The second-order valence-corrected chi connectivity index (χ2v) is 5.70. The van der Waals surface area contributed by atoms with E-state index in [9.17, 15) is 0 Å². The lowest BCUT2D eigenvalue weighted by Crippen LogP contribution is -2.31. The molecule has 0 radical (unpaired) electrons. The quantitative estimate of drug-likeness (QED) is 0.927. The fraction of sp³-hybridized carbons (Fsp3) is 0.357. The Labute approximate surface area is 133 Å². The molecule has 1 N–H and O–H groups in total. The lowest BCUT2D eigenvalue weighted by molar-refractivity contribution is 0.565. The summed E-state index contributed by atoms with van der Waals surface area (Å²) in [6.45, 7) is 1.95. The van der Waals surface area contributed by atoms with Gasteiger partial charge in [0.25, 0.3) is 0 Å². The van der Waals surface area contributed by atoms with E-state index >= 15 is 0 Å². The van der Waals surface area contributed by atoms with E-state index in [2.05, 4.69) is 25.4 Å². The molecule has 0 amide bonds. The molecule has 1 saturated heterocycles. The van der Waals surface area contributed by atoms with Crippen molar-refractivity contribution >= 4 is 40.7 Å². The van der Waals surface area contributed by atoms with Crippen molar-refractivity contribution < 1.29 is 0 Å². The van der Waals surface area contributed by atoms with Gasteiger partial charge in [-0.1, -0.05) is 29.3 Å². The van der Waals surface area contributed by atoms with Gasteiger partial charge in [0.05, 0.1) is 21.9 Å². The molecule has 0 bridgehead atoms. The number of benzene rings is 1. The van der Waals surface area contributed by atoms with Crippen molar-refractivity contribution in [3.8, 4) is 0 Å². The monoisotopic (exact) mass is 323 g/mol. The van der Waals surface area contributed by atoms with E-state index in [0.717, 1.165) is 13.1 Å². The Bertz CT molecular complexity index is 629. The van der Waals surface area contributed by atoms with Gasteiger partial charge in [-0.25, -0.2) is 0 Å². The molecular formula is C14H15Cl2N5. The normalized spacial score (nSPS) is 15.0. The van der Waals surface area contributed by atoms with Crippen LogP contribution in [0.3, 0.4) is 0 Å². The van der Waals surface area contributed by atoms with E-state index < -0.39 is 0 Å². The second kappa shape index (κ2) is 6.45. The Morgan fingerprint density at radius 3 is 2.71 bits per heavy atom. The first kappa shape index (κ1) is 14.4. The van der Waals surface area contributed by atoms with Crippen LogP contribution in [0.25, 0.3) is 0 Å². The summed E-state index contributed by atoms with van der Waals surface area (Å²) in [6.07, 6.45) is 5.17. The zero-order valence-electron chi connectivity index (χ0n) is 11.4. The van der Waals surface area contributed by atoms with E-state index in [-0.39, 0.29) is 0 Å². The molecule has 0 saturated carbocycles. The highest BCUT2D eigenvalue weighted by molar-refractivity contribution is 6.43. The number of nitrogens with zero attached hydrogens (tertiary/aromatic N) is 4. The molecule has 0 unspecified atom stereocenters. The highest BCUT2D eigenvalue weighted by atomic mass is 35.5. The van der Waals surface area contributed by atoms with Crippen LogP contribution in [0, 0.1) is 0 Å². The summed E-state index contributed by atoms with van der Waals surface area (Å²) in [4.78, 5) is 6.66. The maximum atomic E-state index is 6.16. The number of halogens is 2. The second-order valence-electron chi connectivity index (χ2n) is 4.92. The summed E-state index contributed by atoms with van der Waals surface area (Å²) in [7, 11) is 0. The van der Waals surface area contributed by atoms with Crippen LogP contribution >= 0.6 is 23.2 Å². The Morgan fingerprint density at radius 1 is 1.10 bits per heavy atom. The van der Waals surface area contributed by atoms with Crippen molar-refractivity contribution in [1.29, 1.82) is 0 Å². The lowest BCUT2D eigenvalue weighted by atomic mass is 10.1. The van der Waals surface area contributed by atoms with Gasteiger partial charge in [0.1, 0.15) is 0 Å². The lowest BCUT2D eigenvalue weighted by Gasteiger charge is -2.26. The zero-order chi connectivity index (χ0) is 14.7. The van der Waals surface area contributed by atoms with Crippen LogP contribution in [0.4, 0.5) is 17.5 Å². The first-order chi connectivity index (χ1) is 10.2. The van der Waals surface area contributed by atoms with E-state index in [1.165, 1.54) is 19.3 Å². The average molecular weight is 324 g/mol. The van der Waals surface area contributed by atoms with E-state index in [4.69, 9.17) is 23.2 Å². The van der Waals surface area contributed by atoms with E-state index in [0.29, 0.717) is 27.5 Å². The molecule has 110 valence electrons. The minimum atomic E-state index is 0.470. The molecule has 3 rings (SSSR count). The molecular weight excluding hydrogens is 309 g/mol. The van der Waals surface area contributed by atoms with Gasteiger partial charge in [-0.3, -0.25) is 0 Å². The molecule has 1 aromatic heterocycles. The van der Waals surface area contributed by atoms with Gasteiger partial charge >= 0.3 is 0 Å². The first-order valence-corrected chi connectivity index (χ1v) is 7.65. The molecule has 2 heterocycles. The predicted octanol–water partition coefficient (Wildman–Crippen LogP) is 3.91. The fourth-order valence-corrected chi connectivity index (χ4v) is 2.67. The Balaban J connectivity index is 1.81. The van der Waals surface area contributed by atoms with Crippen LogP contribution in [0.2, 0.25) is 10.0 Å². The first-order valence-electron chi connectivity index (χ1n) is 6.90. The summed E-state index contributed by atoms with van der Waals surface area (Å²) in [5, 5.41) is 12.2. The number of hydrogen-bond acceptors (Lipinski definition) is 5. The van der Waals surface area contributed by atoms with Crippen LogP contribution in [-0.4, -0.2) is 28.3 Å². The molecule has 0 atom stereocenters. The maximum absolute atomic E-state index is 6.16. The largest absolute Gasteiger partial charge is 0.339 e. The van der Waals surface area contributed by atoms with Crippen LogP contribution in [0.5, 0.6) is 0 Å². The molecule has 21 heavy (non-hydrogen) atoms. The number of hydrogen-bond donors (Lipinski definition) is 1. The van der Waals surface area contributed by atoms with Gasteiger partial charge in [-0.15, -0.1) is 5.10 Å². The Kier molecular flexibility index (Phi) is 4.41. The number of nitrogens with one attached hydrogen (secondary N) is 1. The average Bonchev–Trinajstić information content (AvgIpc) is 2.53. The van der Waals surface area contributed by atoms with Crippen molar-refractivity contribution in [2.24, 2.45) is 0 Å². The molecule has 1 aliphatic rings. The number of aromatic nitrogens is 3. The third kappa shape index (κ3) is 3.36.